The van der Waals surface area contributed by atoms with Crippen LogP contribution in [-0.2, 0) is 21.1 Å². The molecule has 0 aliphatic carbocycles. The number of ether oxygens (including phenoxy) is 1. The molecule has 0 amide bonds. The fourth-order valence-corrected chi connectivity index (χ4v) is 5.90. The first-order valence-corrected chi connectivity index (χ1v) is 14.8. The maximum absolute atomic E-state index is 6.40. The van der Waals surface area contributed by atoms with Crippen LogP contribution in [0.25, 0.3) is 49.8 Å². The van der Waals surface area contributed by atoms with Crippen LogP contribution in [0.2, 0.25) is 0 Å². The number of hydrogen-bond acceptors (Lipinski definition) is 4. The second-order valence-corrected chi connectivity index (χ2v) is 11.2. The van der Waals surface area contributed by atoms with Gasteiger partial charge in [0, 0.05) is 43.6 Å². The molecule has 0 spiro atoms. The molecule has 224 valence electrons. The molecule has 7 aromatic rings. The zero-order valence-corrected chi connectivity index (χ0v) is 27.1. The third-order valence-electron chi connectivity index (χ3n) is 8.05. The molecule has 0 N–H and O–H groups in total. The summed E-state index contributed by atoms with van der Waals surface area (Å²) in [6, 6.07) is 46.8. The number of benzene rings is 5. The van der Waals surface area contributed by atoms with E-state index >= 15 is 0 Å². The molecule has 5 nitrogen and oxygen atoms in total. The minimum Gasteiger partial charge on any atom is -0.506 e. The molecule has 5 aromatic carbocycles. The molecule has 8 rings (SSSR count). The Hall–Kier alpha value is -4.86. The summed E-state index contributed by atoms with van der Waals surface area (Å²) in [5, 5.41) is 3.11. The SMILES string of the molecule is CC(C)N1C=CN(c2[c-]c(Oc3[c-]c4c(cc3)c3ccccc3n3c(-c5ccccc5)c(-c5ccccc5)nc43)ccc2)[CH-]1.[Pt]. The summed E-state index contributed by atoms with van der Waals surface area (Å²) in [4.78, 5) is 9.53. The van der Waals surface area contributed by atoms with Crippen molar-refractivity contribution in [2.45, 2.75) is 19.9 Å². The quantitative estimate of drug-likeness (QED) is 0.125. The van der Waals surface area contributed by atoms with Crippen LogP contribution in [0.1, 0.15) is 13.8 Å². The van der Waals surface area contributed by atoms with Gasteiger partial charge in [0.05, 0.1) is 17.0 Å². The summed E-state index contributed by atoms with van der Waals surface area (Å²) in [6.45, 7) is 6.39. The minimum atomic E-state index is 0. The second-order valence-electron chi connectivity index (χ2n) is 11.2. The van der Waals surface area contributed by atoms with E-state index in [2.05, 4.69) is 127 Å². The molecule has 0 unspecified atom stereocenters. The predicted molar refractivity (Wildman–Crippen MR) is 178 cm³/mol. The van der Waals surface area contributed by atoms with Gasteiger partial charge in [0.15, 0.2) is 0 Å². The average Bonchev–Trinajstić information content (AvgIpc) is 3.73. The summed E-state index contributed by atoms with van der Waals surface area (Å²) in [7, 11) is 0. The van der Waals surface area contributed by atoms with Gasteiger partial charge >= 0.3 is 0 Å². The maximum atomic E-state index is 6.40. The molecule has 1 aliphatic rings. The zero-order chi connectivity index (χ0) is 29.6. The Morgan fingerprint density at radius 1 is 0.689 bits per heavy atom. The summed E-state index contributed by atoms with van der Waals surface area (Å²) in [6.07, 6.45) is 4.10. The molecular formula is C39H29N4OPt-3. The fourth-order valence-electron chi connectivity index (χ4n) is 5.90. The van der Waals surface area contributed by atoms with Crippen molar-refractivity contribution in [3.05, 3.63) is 146 Å². The Bertz CT molecular complexity index is 2170. The Morgan fingerprint density at radius 2 is 1.40 bits per heavy atom. The molecule has 2 aromatic heterocycles. The van der Waals surface area contributed by atoms with Crippen molar-refractivity contribution in [3.8, 4) is 34.0 Å². The van der Waals surface area contributed by atoms with E-state index in [0.717, 1.165) is 55.5 Å². The van der Waals surface area contributed by atoms with Gasteiger partial charge in [-0.25, -0.2) is 0 Å². The third-order valence-corrected chi connectivity index (χ3v) is 8.05. The van der Waals surface area contributed by atoms with Crippen LogP contribution in [0, 0.1) is 18.8 Å². The Morgan fingerprint density at radius 3 is 2.16 bits per heavy atom. The van der Waals surface area contributed by atoms with Crippen molar-refractivity contribution in [2.24, 2.45) is 0 Å². The standard InChI is InChI=1S/C39H29N4O.Pt/c1-27(2)41-22-23-42(26-41)30-16-11-17-31(24-30)44-32-20-21-33-34-18-9-10-19-36(34)43-38(29-14-7-4-8-15-29)37(28-12-5-3-6-13-28)40-39(43)35(33)25-32;/h3-23,26-27H,1-2H3;/q-3;. The van der Waals surface area contributed by atoms with E-state index in [1.165, 1.54) is 0 Å². The van der Waals surface area contributed by atoms with Crippen LogP contribution < -0.4 is 9.64 Å². The number of aromatic nitrogens is 2. The first-order chi connectivity index (χ1) is 21.6. The molecule has 0 bridgehead atoms. The summed E-state index contributed by atoms with van der Waals surface area (Å²) in [5.74, 6) is 1.23. The maximum Gasteiger partial charge on any atom is 0.0852 e. The Labute approximate surface area is 277 Å². The van der Waals surface area contributed by atoms with Gasteiger partial charge < -0.3 is 18.9 Å². The minimum absolute atomic E-state index is 0. The van der Waals surface area contributed by atoms with Crippen molar-refractivity contribution in [2.75, 3.05) is 4.90 Å². The predicted octanol–water partition coefficient (Wildman–Crippen LogP) is 9.49. The molecule has 0 atom stereocenters. The van der Waals surface area contributed by atoms with E-state index in [1.807, 2.05) is 47.5 Å². The molecule has 6 heteroatoms. The van der Waals surface area contributed by atoms with Gasteiger partial charge in [0.25, 0.3) is 0 Å². The largest absolute Gasteiger partial charge is 0.506 e. The van der Waals surface area contributed by atoms with Crippen molar-refractivity contribution in [1.29, 1.82) is 0 Å². The van der Waals surface area contributed by atoms with Crippen LogP contribution in [0.3, 0.4) is 0 Å². The number of imidazole rings is 1. The van der Waals surface area contributed by atoms with Crippen molar-refractivity contribution < 1.29 is 25.8 Å². The molecule has 3 heterocycles. The summed E-state index contributed by atoms with van der Waals surface area (Å²) < 4.78 is 8.68. The van der Waals surface area contributed by atoms with Crippen molar-refractivity contribution >= 4 is 33.0 Å². The van der Waals surface area contributed by atoms with E-state index in [1.54, 1.807) is 0 Å². The van der Waals surface area contributed by atoms with E-state index in [4.69, 9.17) is 9.72 Å². The summed E-state index contributed by atoms with van der Waals surface area (Å²) >= 11 is 0. The first-order valence-electron chi connectivity index (χ1n) is 14.8. The van der Waals surface area contributed by atoms with E-state index in [9.17, 15) is 0 Å². The number of fused-ring (bicyclic) bond motifs is 6. The Balaban J connectivity index is 0.00000325. The van der Waals surface area contributed by atoms with Crippen LogP contribution in [-0.4, -0.2) is 20.3 Å². The molecule has 0 saturated carbocycles. The van der Waals surface area contributed by atoms with Crippen molar-refractivity contribution in [3.63, 3.8) is 0 Å². The van der Waals surface area contributed by atoms with Gasteiger partial charge in [-0.05, 0) is 49.3 Å². The van der Waals surface area contributed by atoms with Gasteiger partial charge in [-0.2, -0.15) is 12.7 Å². The van der Waals surface area contributed by atoms with Crippen LogP contribution in [0.5, 0.6) is 11.5 Å². The molecule has 0 radical (unpaired) electrons. The molecular weight excluding hydrogens is 736 g/mol. The van der Waals surface area contributed by atoms with Crippen LogP contribution >= 0.6 is 0 Å². The number of hydrogen-bond donors (Lipinski definition) is 0. The zero-order valence-electron chi connectivity index (χ0n) is 24.8. The first kappa shape index (κ1) is 28.9. The van der Waals surface area contributed by atoms with Gasteiger partial charge in [0.1, 0.15) is 0 Å². The molecule has 0 fully saturated rings. The normalized spacial score (nSPS) is 12.9. The van der Waals surface area contributed by atoms with Gasteiger partial charge in [-0.3, -0.25) is 4.98 Å². The Kier molecular flexibility index (Phi) is 7.64. The van der Waals surface area contributed by atoms with Crippen LogP contribution in [0.4, 0.5) is 5.69 Å². The average molecular weight is 765 g/mol. The van der Waals surface area contributed by atoms with Crippen LogP contribution in [0.15, 0.2) is 128 Å². The number of anilines is 1. The monoisotopic (exact) mass is 764 g/mol. The molecule has 0 saturated heterocycles. The smallest absolute Gasteiger partial charge is 0.0852 e. The number of nitrogens with zero attached hydrogens (tertiary/aromatic N) is 4. The van der Waals surface area contributed by atoms with E-state index < -0.39 is 0 Å². The number of pyridine rings is 1. The third kappa shape index (κ3) is 5.17. The molecule has 45 heavy (non-hydrogen) atoms. The fraction of sp³-hybridized carbons (Fsp3) is 0.0769. The summed E-state index contributed by atoms with van der Waals surface area (Å²) in [5.41, 5.74) is 6.99. The van der Waals surface area contributed by atoms with Gasteiger partial charge in [-0.15, -0.1) is 36.0 Å². The van der Waals surface area contributed by atoms with E-state index in [0.29, 0.717) is 17.5 Å². The molecule has 1 aliphatic heterocycles. The van der Waals surface area contributed by atoms with E-state index in [-0.39, 0.29) is 21.1 Å². The number of para-hydroxylation sites is 1. The van der Waals surface area contributed by atoms with Crippen molar-refractivity contribution in [1.82, 2.24) is 14.3 Å². The van der Waals surface area contributed by atoms with Gasteiger partial charge in [0.2, 0.25) is 0 Å². The topological polar surface area (TPSA) is 33.0 Å². The second kappa shape index (κ2) is 11.9. The number of rotatable bonds is 6. The van der Waals surface area contributed by atoms with Gasteiger partial charge in [-0.1, -0.05) is 95.7 Å².